The fourth-order valence-corrected chi connectivity index (χ4v) is 3.02. The SMILES string of the molecule is CC(C)CN(CC(C)C)C(=O)c1noc2c1CC(C)CC2. The van der Waals surface area contributed by atoms with Gasteiger partial charge in [0.1, 0.15) is 5.76 Å². The largest absolute Gasteiger partial charge is 0.360 e. The lowest BCUT2D eigenvalue weighted by Gasteiger charge is -2.26. The molecule has 0 radical (unpaired) electrons. The molecule has 1 aliphatic carbocycles. The summed E-state index contributed by atoms with van der Waals surface area (Å²) in [6.45, 7) is 12.3. The number of nitrogens with zero attached hydrogens (tertiary/aromatic N) is 2. The molecule has 1 heterocycles. The summed E-state index contributed by atoms with van der Waals surface area (Å²) in [5, 5.41) is 4.10. The van der Waals surface area contributed by atoms with Crippen molar-refractivity contribution < 1.29 is 9.32 Å². The van der Waals surface area contributed by atoms with Gasteiger partial charge in [0, 0.05) is 25.1 Å². The van der Waals surface area contributed by atoms with E-state index < -0.39 is 0 Å². The highest BCUT2D eigenvalue weighted by atomic mass is 16.5. The molecule has 0 aliphatic heterocycles. The van der Waals surface area contributed by atoms with Gasteiger partial charge in [0.2, 0.25) is 0 Å². The lowest BCUT2D eigenvalue weighted by atomic mass is 9.88. The molecule has 4 nitrogen and oxygen atoms in total. The zero-order valence-corrected chi connectivity index (χ0v) is 14.0. The Bertz CT molecular complexity index is 481. The zero-order chi connectivity index (χ0) is 15.6. The summed E-state index contributed by atoms with van der Waals surface area (Å²) in [4.78, 5) is 14.8. The van der Waals surface area contributed by atoms with Gasteiger partial charge in [-0.3, -0.25) is 4.79 Å². The van der Waals surface area contributed by atoms with Gasteiger partial charge >= 0.3 is 0 Å². The molecular formula is C17H28N2O2. The molecule has 1 aromatic rings. The van der Waals surface area contributed by atoms with Crippen LogP contribution in [0.5, 0.6) is 0 Å². The molecule has 1 aliphatic rings. The first-order chi connectivity index (χ1) is 9.88. The predicted octanol–water partition coefficient (Wildman–Crippen LogP) is 3.55. The molecule has 2 rings (SSSR count). The normalized spacial score (nSPS) is 18.1. The molecule has 0 spiro atoms. The topological polar surface area (TPSA) is 46.3 Å². The maximum atomic E-state index is 12.9. The molecule has 0 aromatic carbocycles. The van der Waals surface area contributed by atoms with E-state index in [2.05, 4.69) is 39.8 Å². The van der Waals surface area contributed by atoms with Crippen molar-refractivity contribution >= 4 is 5.91 Å². The number of carbonyl (C=O) groups is 1. The van der Waals surface area contributed by atoms with Gasteiger partial charge in [0.25, 0.3) is 5.91 Å². The van der Waals surface area contributed by atoms with E-state index in [1.165, 1.54) is 0 Å². The Morgan fingerprint density at radius 3 is 2.48 bits per heavy atom. The lowest BCUT2D eigenvalue weighted by Crippen LogP contribution is -2.37. The molecule has 21 heavy (non-hydrogen) atoms. The summed E-state index contributed by atoms with van der Waals surface area (Å²) in [6.07, 6.45) is 2.94. The fourth-order valence-electron chi connectivity index (χ4n) is 3.02. The highest BCUT2D eigenvalue weighted by molar-refractivity contribution is 5.94. The summed E-state index contributed by atoms with van der Waals surface area (Å²) in [5.74, 6) is 2.47. The summed E-state index contributed by atoms with van der Waals surface area (Å²) in [7, 11) is 0. The number of carbonyl (C=O) groups excluding carboxylic acids is 1. The number of aromatic nitrogens is 1. The number of hydrogen-bond acceptors (Lipinski definition) is 3. The minimum Gasteiger partial charge on any atom is -0.360 e. The highest BCUT2D eigenvalue weighted by Gasteiger charge is 2.29. The third-order valence-electron chi connectivity index (χ3n) is 3.95. The lowest BCUT2D eigenvalue weighted by molar-refractivity contribution is 0.0703. The van der Waals surface area contributed by atoms with Crippen molar-refractivity contribution in [2.75, 3.05) is 13.1 Å². The standard InChI is InChI=1S/C17H28N2O2/c1-11(2)9-19(10-12(3)4)17(20)16-14-8-13(5)6-7-15(14)21-18-16/h11-13H,6-10H2,1-5H3. The molecule has 1 atom stereocenters. The Morgan fingerprint density at radius 1 is 1.29 bits per heavy atom. The van der Waals surface area contributed by atoms with Crippen LogP contribution in [0.4, 0.5) is 0 Å². The number of amides is 1. The van der Waals surface area contributed by atoms with E-state index in [9.17, 15) is 4.79 Å². The van der Waals surface area contributed by atoms with Crippen molar-refractivity contribution in [2.45, 2.75) is 53.9 Å². The van der Waals surface area contributed by atoms with Crippen molar-refractivity contribution in [1.82, 2.24) is 10.1 Å². The van der Waals surface area contributed by atoms with Crippen LogP contribution in [-0.4, -0.2) is 29.1 Å². The Morgan fingerprint density at radius 2 is 1.90 bits per heavy atom. The molecule has 4 heteroatoms. The first kappa shape index (κ1) is 16.1. The van der Waals surface area contributed by atoms with E-state index >= 15 is 0 Å². The summed E-state index contributed by atoms with van der Waals surface area (Å²) < 4.78 is 5.42. The average molecular weight is 292 g/mol. The van der Waals surface area contributed by atoms with Crippen LogP contribution in [0.25, 0.3) is 0 Å². The average Bonchev–Trinajstić information content (AvgIpc) is 2.78. The molecule has 0 bridgehead atoms. The molecule has 1 aromatic heterocycles. The van der Waals surface area contributed by atoms with E-state index in [1.54, 1.807) is 0 Å². The summed E-state index contributed by atoms with van der Waals surface area (Å²) >= 11 is 0. The van der Waals surface area contributed by atoms with Crippen LogP contribution in [-0.2, 0) is 12.8 Å². The first-order valence-electron chi connectivity index (χ1n) is 8.15. The van der Waals surface area contributed by atoms with Crippen molar-refractivity contribution in [2.24, 2.45) is 17.8 Å². The zero-order valence-electron chi connectivity index (χ0n) is 14.0. The third-order valence-corrected chi connectivity index (χ3v) is 3.95. The van der Waals surface area contributed by atoms with Crippen LogP contribution >= 0.6 is 0 Å². The van der Waals surface area contributed by atoms with Crippen LogP contribution in [0.1, 0.15) is 62.9 Å². The monoisotopic (exact) mass is 292 g/mol. The predicted molar refractivity (Wildman–Crippen MR) is 83.3 cm³/mol. The van der Waals surface area contributed by atoms with E-state index in [4.69, 9.17) is 4.52 Å². The fraction of sp³-hybridized carbons (Fsp3) is 0.765. The van der Waals surface area contributed by atoms with Crippen molar-refractivity contribution in [1.29, 1.82) is 0 Å². The van der Waals surface area contributed by atoms with E-state index in [-0.39, 0.29) is 5.91 Å². The minimum absolute atomic E-state index is 0.0384. The Labute approximate surface area is 127 Å². The van der Waals surface area contributed by atoms with Crippen LogP contribution in [0.3, 0.4) is 0 Å². The Kier molecular flexibility index (Phi) is 5.07. The van der Waals surface area contributed by atoms with E-state index in [0.717, 1.165) is 43.7 Å². The van der Waals surface area contributed by atoms with Crippen molar-refractivity contribution in [3.05, 3.63) is 17.0 Å². The van der Waals surface area contributed by atoms with Gasteiger partial charge < -0.3 is 9.42 Å². The second-order valence-electron chi connectivity index (χ2n) is 7.28. The number of aryl methyl sites for hydroxylation is 1. The van der Waals surface area contributed by atoms with Crippen LogP contribution < -0.4 is 0 Å². The molecule has 0 saturated heterocycles. The van der Waals surface area contributed by atoms with Gasteiger partial charge in [-0.1, -0.05) is 39.8 Å². The molecule has 0 saturated carbocycles. The Hall–Kier alpha value is -1.32. The number of fused-ring (bicyclic) bond motifs is 1. The van der Waals surface area contributed by atoms with Gasteiger partial charge in [-0.2, -0.15) is 0 Å². The highest BCUT2D eigenvalue weighted by Crippen LogP contribution is 2.28. The van der Waals surface area contributed by atoms with Gasteiger partial charge in [-0.05, 0) is 30.6 Å². The van der Waals surface area contributed by atoms with E-state index in [1.807, 2.05) is 4.90 Å². The van der Waals surface area contributed by atoms with Crippen LogP contribution in [0.2, 0.25) is 0 Å². The maximum Gasteiger partial charge on any atom is 0.276 e. The number of rotatable bonds is 5. The van der Waals surface area contributed by atoms with Gasteiger partial charge in [0.15, 0.2) is 5.69 Å². The van der Waals surface area contributed by atoms with Crippen LogP contribution in [0, 0.1) is 17.8 Å². The second-order valence-corrected chi connectivity index (χ2v) is 7.28. The van der Waals surface area contributed by atoms with Gasteiger partial charge in [-0.15, -0.1) is 0 Å². The molecule has 0 N–H and O–H groups in total. The third kappa shape index (κ3) is 3.86. The molecule has 0 fully saturated rings. The molecule has 1 amide bonds. The quantitative estimate of drug-likeness (QED) is 0.833. The Balaban J connectivity index is 2.22. The summed E-state index contributed by atoms with van der Waals surface area (Å²) in [5.41, 5.74) is 1.61. The molecular weight excluding hydrogens is 264 g/mol. The minimum atomic E-state index is 0.0384. The van der Waals surface area contributed by atoms with Crippen LogP contribution in [0.15, 0.2) is 4.52 Å². The number of hydrogen-bond donors (Lipinski definition) is 0. The van der Waals surface area contributed by atoms with E-state index in [0.29, 0.717) is 23.4 Å². The summed E-state index contributed by atoms with van der Waals surface area (Å²) in [6, 6.07) is 0. The van der Waals surface area contributed by atoms with Gasteiger partial charge in [0.05, 0.1) is 0 Å². The smallest absolute Gasteiger partial charge is 0.276 e. The first-order valence-corrected chi connectivity index (χ1v) is 8.15. The second kappa shape index (κ2) is 6.63. The molecule has 118 valence electrons. The van der Waals surface area contributed by atoms with Gasteiger partial charge in [-0.25, -0.2) is 0 Å². The van der Waals surface area contributed by atoms with Crippen molar-refractivity contribution in [3.8, 4) is 0 Å². The van der Waals surface area contributed by atoms with Crippen molar-refractivity contribution in [3.63, 3.8) is 0 Å². The molecule has 1 unspecified atom stereocenters. The maximum absolute atomic E-state index is 12.9.